The van der Waals surface area contributed by atoms with Gasteiger partial charge in [-0.15, -0.1) is 0 Å². The molecule has 0 amide bonds. The van der Waals surface area contributed by atoms with Crippen molar-refractivity contribution in [1.29, 1.82) is 5.26 Å². The molecule has 5 rings (SSSR count). The summed E-state index contributed by atoms with van der Waals surface area (Å²) in [7, 11) is 2.13. The lowest BCUT2D eigenvalue weighted by Crippen LogP contribution is -2.55. The van der Waals surface area contributed by atoms with Gasteiger partial charge in [0.15, 0.2) is 5.69 Å². The lowest BCUT2D eigenvalue weighted by atomic mass is 9.91. The van der Waals surface area contributed by atoms with Crippen LogP contribution in [0.5, 0.6) is 0 Å². The molecule has 4 heterocycles. The van der Waals surface area contributed by atoms with Crippen LogP contribution in [0.1, 0.15) is 5.69 Å². The summed E-state index contributed by atoms with van der Waals surface area (Å²) in [5.41, 5.74) is 1.59. The number of anilines is 3. The molecule has 2 fully saturated rings. The Kier molecular flexibility index (Phi) is 4.14. The minimum Gasteiger partial charge on any atom is -0.366 e. The van der Waals surface area contributed by atoms with E-state index in [2.05, 4.69) is 37.1 Å². The van der Waals surface area contributed by atoms with Gasteiger partial charge >= 0.3 is 0 Å². The van der Waals surface area contributed by atoms with Crippen molar-refractivity contribution in [1.82, 2.24) is 24.4 Å². The molecular weight excluding hydrogens is 371 g/mol. The largest absolute Gasteiger partial charge is 0.366 e. The number of nitriles is 1. The maximum atomic E-state index is 14.8. The second kappa shape index (κ2) is 6.83. The van der Waals surface area contributed by atoms with E-state index in [-0.39, 0.29) is 11.5 Å². The first-order valence-corrected chi connectivity index (χ1v) is 9.39. The SMILES string of the molecule is CN1C[C@H]2CN(c3ccc(-n4cnc(Nc5cnc(C#N)cn5)c4)c(F)c3)[C@H]2C1. The van der Waals surface area contributed by atoms with Crippen molar-refractivity contribution in [3.05, 3.63) is 54.6 Å². The Morgan fingerprint density at radius 1 is 1.14 bits per heavy atom. The number of rotatable bonds is 4. The molecule has 2 aromatic heterocycles. The van der Waals surface area contributed by atoms with Crippen LogP contribution in [0.4, 0.5) is 21.7 Å². The molecule has 0 aliphatic carbocycles. The molecule has 2 saturated heterocycles. The van der Waals surface area contributed by atoms with Crippen LogP contribution in [-0.4, -0.2) is 57.1 Å². The van der Waals surface area contributed by atoms with Crippen molar-refractivity contribution in [3.8, 4) is 11.8 Å². The van der Waals surface area contributed by atoms with E-state index in [0.29, 0.717) is 29.3 Å². The maximum absolute atomic E-state index is 14.8. The van der Waals surface area contributed by atoms with E-state index in [1.54, 1.807) is 29.2 Å². The second-order valence-electron chi connectivity index (χ2n) is 7.53. The molecule has 29 heavy (non-hydrogen) atoms. The highest BCUT2D eigenvalue weighted by atomic mass is 19.1. The fourth-order valence-electron chi connectivity index (χ4n) is 4.13. The smallest absolute Gasteiger partial charge is 0.158 e. The van der Waals surface area contributed by atoms with Gasteiger partial charge in [0.05, 0.1) is 24.3 Å². The Morgan fingerprint density at radius 2 is 2.03 bits per heavy atom. The number of fused-ring (bicyclic) bond motifs is 1. The number of halogens is 1. The summed E-state index contributed by atoms with van der Waals surface area (Å²) in [6.07, 6.45) is 6.06. The average molecular weight is 390 g/mol. The van der Waals surface area contributed by atoms with Crippen molar-refractivity contribution < 1.29 is 4.39 Å². The summed E-state index contributed by atoms with van der Waals surface area (Å²) < 4.78 is 16.5. The third-order valence-corrected chi connectivity index (χ3v) is 5.57. The number of hydrogen-bond acceptors (Lipinski definition) is 7. The molecule has 146 valence electrons. The second-order valence-corrected chi connectivity index (χ2v) is 7.53. The third kappa shape index (κ3) is 3.17. The van der Waals surface area contributed by atoms with E-state index in [1.165, 1.54) is 12.4 Å². The average Bonchev–Trinajstić information content (AvgIpc) is 3.28. The van der Waals surface area contributed by atoms with Gasteiger partial charge in [0.2, 0.25) is 0 Å². The zero-order valence-corrected chi connectivity index (χ0v) is 15.8. The zero-order valence-electron chi connectivity index (χ0n) is 15.8. The molecule has 0 unspecified atom stereocenters. The van der Waals surface area contributed by atoms with Gasteiger partial charge in [0, 0.05) is 37.3 Å². The van der Waals surface area contributed by atoms with Crippen LogP contribution >= 0.6 is 0 Å². The summed E-state index contributed by atoms with van der Waals surface area (Å²) in [5.74, 6) is 1.36. The summed E-state index contributed by atoms with van der Waals surface area (Å²) in [6, 6.07) is 7.75. The monoisotopic (exact) mass is 390 g/mol. The number of aromatic nitrogens is 4. The summed E-state index contributed by atoms with van der Waals surface area (Å²) in [5, 5.41) is 11.8. The number of nitrogens with one attached hydrogen (secondary N) is 1. The number of likely N-dealkylation sites (N-methyl/N-ethyl adjacent to an activating group) is 1. The molecule has 0 spiro atoms. The predicted molar refractivity (Wildman–Crippen MR) is 106 cm³/mol. The Morgan fingerprint density at radius 3 is 2.76 bits per heavy atom. The Labute approximate surface area is 167 Å². The number of nitrogens with zero attached hydrogens (tertiary/aromatic N) is 7. The van der Waals surface area contributed by atoms with E-state index in [4.69, 9.17) is 5.26 Å². The molecule has 0 saturated carbocycles. The Hall–Kier alpha value is -3.51. The lowest BCUT2D eigenvalue weighted by Gasteiger charge is -2.45. The molecule has 1 aromatic carbocycles. The highest BCUT2D eigenvalue weighted by Gasteiger charge is 2.44. The Balaban J connectivity index is 1.32. The van der Waals surface area contributed by atoms with E-state index in [0.717, 1.165) is 25.3 Å². The summed E-state index contributed by atoms with van der Waals surface area (Å²) in [4.78, 5) is 16.9. The number of imidazole rings is 1. The number of likely N-dealkylation sites (tertiary alicyclic amines) is 1. The minimum atomic E-state index is -0.292. The van der Waals surface area contributed by atoms with Gasteiger partial charge < -0.3 is 19.7 Å². The normalized spacial score (nSPS) is 20.8. The van der Waals surface area contributed by atoms with E-state index in [1.807, 2.05) is 12.1 Å². The molecule has 0 bridgehead atoms. The zero-order chi connectivity index (χ0) is 20.0. The molecular formula is C20H19FN8. The molecule has 0 radical (unpaired) electrons. The standard InChI is InChI=1S/C20H19FN8/c1-27-8-13-9-29(18(13)10-27)15-2-3-17(16(21)4-15)28-11-20(25-12-28)26-19-7-23-14(5-22)6-24-19/h2-4,6-7,11-13,18H,8-10H2,1H3,(H,24,26)/t13-,18-/m0/s1. The van der Waals surface area contributed by atoms with Crippen LogP contribution in [-0.2, 0) is 0 Å². The topological polar surface area (TPSA) is 85.9 Å². The quantitative estimate of drug-likeness (QED) is 0.731. The first-order chi connectivity index (χ1) is 14.1. The molecule has 3 aromatic rings. The fraction of sp³-hybridized carbons (Fsp3) is 0.300. The van der Waals surface area contributed by atoms with Crippen molar-refractivity contribution in [3.63, 3.8) is 0 Å². The summed E-state index contributed by atoms with van der Waals surface area (Å²) >= 11 is 0. The molecule has 8 nitrogen and oxygen atoms in total. The maximum Gasteiger partial charge on any atom is 0.158 e. The van der Waals surface area contributed by atoms with E-state index in [9.17, 15) is 4.39 Å². The van der Waals surface area contributed by atoms with Crippen molar-refractivity contribution in [2.45, 2.75) is 6.04 Å². The van der Waals surface area contributed by atoms with Gasteiger partial charge in [0.25, 0.3) is 0 Å². The van der Waals surface area contributed by atoms with Gasteiger partial charge in [-0.2, -0.15) is 5.26 Å². The van der Waals surface area contributed by atoms with Crippen LogP contribution in [0.25, 0.3) is 5.69 Å². The van der Waals surface area contributed by atoms with Gasteiger partial charge in [-0.05, 0) is 25.2 Å². The fourth-order valence-corrected chi connectivity index (χ4v) is 4.13. The van der Waals surface area contributed by atoms with Crippen molar-refractivity contribution >= 4 is 17.3 Å². The summed E-state index contributed by atoms with van der Waals surface area (Å²) in [6.45, 7) is 3.14. The molecule has 2 atom stereocenters. The van der Waals surface area contributed by atoms with Gasteiger partial charge in [-0.3, -0.25) is 0 Å². The number of hydrogen-bond donors (Lipinski definition) is 1. The lowest BCUT2D eigenvalue weighted by molar-refractivity contribution is 0.360. The molecule has 9 heteroatoms. The van der Waals surface area contributed by atoms with Crippen LogP contribution in [0.15, 0.2) is 43.1 Å². The van der Waals surface area contributed by atoms with Gasteiger partial charge in [0.1, 0.15) is 29.8 Å². The third-order valence-electron chi connectivity index (χ3n) is 5.57. The molecule has 2 aliphatic rings. The van der Waals surface area contributed by atoms with Crippen LogP contribution < -0.4 is 10.2 Å². The molecule has 1 N–H and O–H groups in total. The predicted octanol–water partition coefficient (Wildman–Crippen LogP) is 2.17. The molecule has 2 aliphatic heterocycles. The van der Waals surface area contributed by atoms with Crippen LogP contribution in [0.2, 0.25) is 0 Å². The first-order valence-electron chi connectivity index (χ1n) is 9.39. The van der Waals surface area contributed by atoms with Crippen molar-refractivity contribution in [2.24, 2.45) is 5.92 Å². The van der Waals surface area contributed by atoms with E-state index >= 15 is 0 Å². The first kappa shape index (κ1) is 17.6. The Bertz CT molecular complexity index is 1090. The van der Waals surface area contributed by atoms with Crippen LogP contribution in [0, 0.1) is 23.1 Å². The van der Waals surface area contributed by atoms with E-state index < -0.39 is 0 Å². The van der Waals surface area contributed by atoms with Crippen molar-refractivity contribution in [2.75, 3.05) is 36.9 Å². The van der Waals surface area contributed by atoms with Gasteiger partial charge in [-0.1, -0.05) is 0 Å². The minimum absolute atomic E-state index is 0.237. The van der Waals surface area contributed by atoms with Crippen LogP contribution in [0.3, 0.4) is 0 Å². The van der Waals surface area contributed by atoms with Gasteiger partial charge in [-0.25, -0.2) is 19.3 Å². The number of benzene rings is 1. The highest BCUT2D eigenvalue weighted by molar-refractivity contribution is 5.56. The highest BCUT2D eigenvalue weighted by Crippen LogP contribution is 2.36.